The van der Waals surface area contributed by atoms with E-state index < -0.39 is 46.1 Å². The fourth-order valence-corrected chi connectivity index (χ4v) is 10.7. The maximum absolute atomic E-state index is 13.7. The standard InChI is InChI=1S/C41H54O8/c1-37(2,45)18-17-35-40(5,49-36(48-35)26-11-13-27(14-12-26)47-24-25-9-7-6-8-10-25)34-16-20-41(46)29-21-31(42)30-22-32(43)33(44)23-38(30,3)28(29)15-19-39(34,41)4/h6-14,21,28,30,32-36,43-46H,15-20,22-24H2,1-5H3/t28-,30-,32+,33-,34-,35+,36?,38+,39+,40+,41+/m0/s1. The van der Waals surface area contributed by atoms with E-state index in [4.69, 9.17) is 14.2 Å². The van der Waals surface area contributed by atoms with E-state index in [1.807, 2.05) is 68.4 Å². The van der Waals surface area contributed by atoms with Crippen LogP contribution in [0.1, 0.15) is 103 Å². The summed E-state index contributed by atoms with van der Waals surface area (Å²) in [4.78, 5) is 13.7. The van der Waals surface area contributed by atoms with Crippen molar-refractivity contribution in [2.45, 2.75) is 134 Å². The lowest BCUT2D eigenvalue weighted by Gasteiger charge is -2.60. The van der Waals surface area contributed by atoms with E-state index in [2.05, 4.69) is 20.8 Å². The third-order valence-electron chi connectivity index (χ3n) is 13.5. The van der Waals surface area contributed by atoms with Crippen molar-refractivity contribution in [2.24, 2.45) is 28.6 Å². The number of rotatable bonds is 8. The molecule has 1 unspecified atom stereocenters. The van der Waals surface area contributed by atoms with Gasteiger partial charge >= 0.3 is 0 Å². The molecule has 0 amide bonds. The first kappa shape index (κ1) is 34.8. The summed E-state index contributed by atoms with van der Waals surface area (Å²) in [6.07, 6.45) is 3.38. The van der Waals surface area contributed by atoms with E-state index >= 15 is 0 Å². The molecule has 11 atom stereocenters. The van der Waals surface area contributed by atoms with Gasteiger partial charge in [0.2, 0.25) is 0 Å². The van der Waals surface area contributed by atoms with E-state index in [1.165, 1.54) is 0 Å². The predicted octanol–water partition coefficient (Wildman–Crippen LogP) is 6.19. The normalized spacial score (nSPS) is 41.9. The molecule has 4 N–H and O–H groups in total. The Morgan fingerprint density at radius 1 is 0.939 bits per heavy atom. The average molecular weight is 675 g/mol. The van der Waals surface area contributed by atoms with Crippen LogP contribution in [0, 0.1) is 28.6 Å². The molecule has 2 aromatic carbocycles. The zero-order valence-corrected chi connectivity index (χ0v) is 29.6. The van der Waals surface area contributed by atoms with Crippen molar-refractivity contribution in [1.82, 2.24) is 0 Å². The van der Waals surface area contributed by atoms with Gasteiger partial charge in [-0.05, 0) is 119 Å². The molecule has 49 heavy (non-hydrogen) atoms. The van der Waals surface area contributed by atoms with Crippen LogP contribution in [0.15, 0.2) is 66.2 Å². The summed E-state index contributed by atoms with van der Waals surface area (Å²) in [7, 11) is 0. The number of allylic oxidation sites excluding steroid dienone is 1. The lowest BCUT2D eigenvalue weighted by molar-refractivity contribution is -0.168. The fraction of sp³-hybridized carbons (Fsp3) is 0.634. The van der Waals surface area contributed by atoms with Crippen LogP contribution < -0.4 is 4.74 Å². The van der Waals surface area contributed by atoms with Crippen molar-refractivity contribution in [3.63, 3.8) is 0 Å². The third kappa shape index (κ3) is 5.81. The van der Waals surface area contributed by atoms with E-state index in [1.54, 1.807) is 6.08 Å². The molecule has 5 aliphatic rings. The largest absolute Gasteiger partial charge is 0.489 e. The lowest BCUT2D eigenvalue weighted by Crippen LogP contribution is -2.62. The Hall–Kier alpha value is -2.59. The van der Waals surface area contributed by atoms with E-state index in [-0.39, 0.29) is 36.1 Å². The Bertz CT molecular complexity index is 1570. The maximum Gasteiger partial charge on any atom is 0.185 e. The molecule has 4 aliphatic carbocycles. The summed E-state index contributed by atoms with van der Waals surface area (Å²) in [5.74, 6) is 0.201. The van der Waals surface area contributed by atoms with Crippen LogP contribution in [0.2, 0.25) is 0 Å². The summed E-state index contributed by atoms with van der Waals surface area (Å²) >= 11 is 0. The first-order chi connectivity index (χ1) is 23.1. The molecule has 0 aromatic heterocycles. The number of aliphatic hydroxyl groups excluding tert-OH is 2. The molecule has 0 spiro atoms. The fourth-order valence-electron chi connectivity index (χ4n) is 10.7. The Balaban J connectivity index is 1.16. The van der Waals surface area contributed by atoms with Gasteiger partial charge in [0.1, 0.15) is 12.4 Å². The van der Waals surface area contributed by atoms with Gasteiger partial charge in [-0.1, -0.05) is 56.3 Å². The molecule has 1 saturated heterocycles. The molecule has 8 heteroatoms. The minimum absolute atomic E-state index is 0.0493. The SMILES string of the molecule is CC(C)(O)CC[C@H]1OC(c2ccc(OCc3ccccc3)cc2)O[C@]1(C)[C@H]1CC[C@@]2(O)C3=CC(=O)[C@@H]4C[C@@H](O)[C@@H](O)C[C@]4(C)[C@H]3CC[C@]12C. The van der Waals surface area contributed by atoms with Crippen molar-refractivity contribution >= 4 is 5.78 Å². The number of fused-ring (bicyclic) bond motifs is 5. The van der Waals surface area contributed by atoms with Crippen LogP contribution in [0.25, 0.3) is 0 Å². The van der Waals surface area contributed by atoms with Gasteiger partial charge in [-0.2, -0.15) is 0 Å². The number of benzene rings is 2. The van der Waals surface area contributed by atoms with Crippen LogP contribution in [-0.2, 0) is 20.9 Å². The molecule has 2 aromatic rings. The monoisotopic (exact) mass is 674 g/mol. The van der Waals surface area contributed by atoms with E-state index in [0.717, 1.165) is 35.3 Å². The second-order valence-electron chi connectivity index (χ2n) is 17.0. The van der Waals surface area contributed by atoms with Crippen LogP contribution in [0.5, 0.6) is 5.75 Å². The first-order valence-corrected chi connectivity index (χ1v) is 18.2. The second kappa shape index (κ2) is 12.3. The van der Waals surface area contributed by atoms with Gasteiger partial charge in [-0.15, -0.1) is 0 Å². The molecule has 0 bridgehead atoms. The number of aliphatic hydroxyl groups is 4. The number of hydrogen-bond donors (Lipinski definition) is 4. The zero-order valence-electron chi connectivity index (χ0n) is 29.6. The zero-order chi connectivity index (χ0) is 35.0. The first-order valence-electron chi connectivity index (χ1n) is 18.2. The number of ketones is 1. The molecule has 8 nitrogen and oxygen atoms in total. The topological polar surface area (TPSA) is 126 Å². The van der Waals surface area contributed by atoms with E-state index in [9.17, 15) is 25.2 Å². The van der Waals surface area contributed by atoms with Crippen LogP contribution >= 0.6 is 0 Å². The lowest BCUT2D eigenvalue weighted by atomic mass is 9.45. The highest BCUT2D eigenvalue weighted by Crippen LogP contribution is 2.70. The Labute approximate surface area is 290 Å². The molecule has 0 radical (unpaired) electrons. The maximum atomic E-state index is 13.7. The Kier molecular flexibility index (Phi) is 8.73. The third-order valence-corrected chi connectivity index (χ3v) is 13.5. The second-order valence-corrected chi connectivity index (χ2v) is 17.0. The Morgan fingerprint density at radius 3 is 2.35 bits per heavy atom. The molecule has 3 saturated carbocycles. The Morgan fingerprint density at radius 2 is 1.65 bits per heavy atom. The smallest absolute Gasteiger partial charge is 0.185 e. The molecular formula is C41H54O8. The number of ether oxygens (including phenoxy) is 3. The number of carbonyl (C=O) groups is 1. The highest BCUT2D eigenvalue weighted by Gasteiger charge is 2.70. The summed E-state index contributed by atoms with van der Waals surface area (Å²) in [5.41, 5.74) is -1.22. The molecular weight excluding hydrogens is 620 g/mol. The van der Waals surface area contributed by atoms with Gasteiger partial charge in [0, 0.05) is 16.9 Å². The molecule has 1 heterocycles. The van der Waals surface area contributed by atoms with Gasteiger partial charge < -0.3 is 34.6 Å². The van der Waals surface area contributed by atoms with Gasteiger partial charge in [0.25, 0.3) is 0 Å². The van der Waals surface area contributed by atoms with Crippen molar-refractivity contribution in [3.05, 3.63) is 77.4 Å². The predicted molar refractivity (Wildman–Crippen MR) is 184 cm³/mol. The summed E-state index contributed by atoms with van der Waals surface area (Å²) in [5, 5.41) is 44.8. The van der Waals surface area contributed by atoms with Crippen molar-refractivity contribution in [1.29, 1.82) is 0 Å². The minimum atomic E-state index is -1.21. The van der Waals surface area contributed by atoms with Gasteiger partial charge in [-0.25, -0.2) is 0 Å². The van der Waals surface area contributed by atoms with Gasteiger partial charge in [0.05, 0.1) is 35.1 Å². The average Bonchev–Trinajstić information content (AvgIpc) is 3.54. The molecule has 7 rings (SSSR count). The van der Waals surface area contributed by atoms with Crippen molar-refractivity contribution in [3.8, 4) is 5.75 Å². The molecule has 266 valence electrons. The van der Waals surface area contributed by atoms with Gasteiger partial charge in [-0.3, -0.25) is 4.79 Å². The number of hydrogen-bond acceptors (Lipinski definition) is 8. The van der Waals surface area contributed by atoms with Crippen LogP contribution in [0.4, 0.5) is 0 Å². The van der Waals surface area contributed by atoms with Crippen LogP contribution in [0.3, 0.4) is 0 Å². The molecule has 1 aliphatic heterocycles. The highest BCUT2D eigenvalue weighted by atomic mass is 16.7. The van der Waals surface area contributed by atoms with Crippen molar-refractivity contribution in [2.75, 3.05) is 0 Å². The van der Waals surface area contributed by atoms with Crippen molar-refractivity contribution < 1.29 is 39.4 Å². The number of carbonyl (C=O) groups excluding carboxylic acids is 1. The quantitative estimate of drug-likeness (QED) is 0.261. The highest BCUT2D eigenvalue weighted by molar-refractivity contribution is 5.95. The van der Waals surface area contributed by atoms with Gasteiger partial charge in [0.15, 0.2) is 12.1 Å². The summed E-state index contributed by atoms with van der Waals surface area (Å²) in [6, 6.07) is 17.9. The van der Waals surface area contributed by atoms with E-state index in [0.29, 0.717) is 38.7 Å². The summed E-state index contributed by atoms with van der Waals surface area (Å²) in [6.45, 7) is 10.4. The minimum Gasteiger partial charge on any atom is -0.489 e. The molecule has 4 fully saturated rings. The summed E-state index contributed by atoms with van der Waals surface area (Å²) < 4.78 is 19.8. The van der Waals surface area contributed by atoms with Crippen LogP contribution in [-0.4, -0.2) is 61.3 Å².